The molecule has 3 aliphatic rings. The van der Waals surface area contributed by atoms with Crippen molar-refractivity contribution in [3.63, 3.8) is 0 Å². The van der Waals surface area contributed by atoms with E-state index in [-0.39, 0.29) is 34.5 Å². The summed E-state index contributed by atoms with van der Waals surface area (Å²) >= 11 is 0. The van der Waals surface area contributed by atoms with Crippen molar-refractivity contribution in [2.24, 2.45) is 12.5 Å². The van der Waals surface area contributed by atoms with Gasteiger partial charge in [0.1, 0.15) is 5.56 Å². The smallest absolute Gasteiger partial charge is 0.263 e. The van der Waals surface area contributed by atoms with Gasteiger partial charge in [0.2, 0.25) is 5.91 Å². The van der Waals surface area contributed by atoms with Crippen LogP contribution in [0.5, 0.6) is 0 Å². The van der Waals surface area contributed by atoms with E-state index in [1.54, 1.807) is 18.0 Å². The zero-order valence-electron chi connectivity index (χ0n) is 17.5. The zero-order valence-corrected chi connectivity index (χ0v) is 17.5. The van der Waals surface area contributed by atoms with Crippen molar-refractivity contribution in [1.29, 1.82) is 0 Å². The number of likely N-dealkylation sites (tertiary alicyclic amines) is 2. The normalized spacial score (nSPS) is 24.3. The van der Waals surface area contributed by atoms with Crippen molar-refractivity contribution in [1.82, 2.24) is 14.4 Å². The summed E-state index contributed by atoms with van der Waals surface area (Å²) in [4.78, 5) is 41.6. The van der Waals surface area contributed by atoms with Crippen LogP contribution in [0, 0.1) is 12.3 Å². The molecule has 7 heteroatoms. The number of carbonyl (C=O) groups is 2. The lowest BCUT2D eigenvalue weighted by atomic mass is 9.72. The summed E-state index contributed by atoms with van der Waals surface area (Å²) in [7, 11) is 1.70. The summed E-state index contributed by atoms with van der Waals surface area (Å²) in [6.45, 7) is 5.39. The molecule has 0 aromatic carbocycles. The molecule has 3 saturated heterocycles. The van der Waals surface area contributed by atoms with E-state index in [1.807, 2.05) is 17.9 Å². The van der Waals surface area contributed by atoms with Gasteiger partial charge in [0.15, 0.2) is 0 Å². The fraction of sp³-hybridized carbons (Fsp3) is 0.682. The Hall–Kier alpha value is -2.15. The van der Waals surface area contributed by atoms with Gasteiger partial charge in [0.05, 0.1) is 6.10 Å². The van der Waals surface area contributed by atoms with Crippen molar-refractivity contribution in [3.05, 3.63) is 33.7 Å². The third kappa shape index (κ3) is 3.97. The van der Waals surface area contributed by atoms with E-state index in [4.69, 9.17) is 4.74 Å². The van der Waals surface area contributed by atoms with E-state index in [0.29, 0.717) is 26.1 Å². The molecular weight excluding hydrogens is 370 g/mol. The molecule has 0 radical (unpaired) electrons. The van der Waals surface area contributed by atoms with Crippen LogP contribution >= 0.6 is 0 Å². The minimum Gasteiger partial charge on any atom is -0.376 e. The molecule has 2 amide bonds. The zero-order chi connectivity index (χ0) is 20.6. The van der Waals surface area contributed by atoms with Gasteiger partial charge in [-0.2, -0.15) is 0 Å². The Morgan fingerprint density at radius 1 is 1.21 bits per heavy atom. The van der Waals surface area contributed by atoms with Crippen LogP contribution in [-0.2, 0) is 16.6 Å². The van der Waals surface area contributed by atoms with Gasteiger partial charge in [-0.15, -0.1) is 0 Å². The number of rotatable bonds is 3. The lowest BCUT2D eigenvalue weighted by molar-refractivity contribution is -0.141. The van der Waals surface area contributed by atoms with Crippen molar-refractivity contribution in [2.45, 2.75) is 51.6 Å². The molecule has 3 aliphatic heterocycles. The van der Waals surface area contributed by atoms with Crippen LogP contribution in [0.1, 0.15) is 54.6 Å². The molecule has 29 heavy (non-hydrogen) atoms. The number of carbonyl (C=O) groups excluding carboxylic acids is 2. The standard InChI is InChI=1S/C22H31N3O4/c1-16-5-6-18(20(27)23(16)2)21(28)24-11-9-22(10-12-24)8-7-19(26)25(15-22)14-17-4-3-13-29-17/h5-6,17H,3-4,7-15H2,1-2H3. The second-order valence-corrected chi connectivity index (χ2v) is 8.95. The molecule has 1 aromatic rings. The van der Waals surface area contributed by atoms with Gasteiger partial charge in [0, 0.05) is 51.9 Å². The quantitative estimate of drug-likeness (QED) is 0.773. The van der Waals surface area contributed by atoms with Crippen molar-refractivity contribution >= 4 is 11.8 Å². The molecule has 7 nitrogen and oxygen atoms in total. The lowest BCUT2D eigenvalue weighted by Gasteiger charge is -2.47. The maximum atomic E-state index is 12.9. The van der Waals surface area contributed by atoms with Gasteiger partial charge in [-0.05, 0) is 56.6 Å². The fourth-order valence-corrected chi connectivity index (χ4v) is 4.96. The number of hydrogen-bond acceptors (Lipinski definition) is 4. The van der Waals surface area contributed by atoms with Crippen LogP contribution in [-0.4, -0.2) is 65.1 Å². The second kappa shape index (κ2) is 7.94. The first-order valence-electron chi connectivity index (χ1n) is 10.7. The highest BCUT2D eigenvalue weighted by atomic mass is 16.5. The van der Waals surface area contributed by atoms with Crippen LogP contribution in [0.3, 0.4) is 0 Å². The van der Waals surface area contributed by atoms with Gasteiger partial charge < -0.3 is 19.1 Å². The molecular formula is C22H31N3O4. The van der Waals surface area contributed by atoms with Crippen molar-refractivity contribution in [3.8, 4) is 0 Å². The SMILES string of the molecule is Cc1ccc(C(=O)N2CCC3(CCC(=O)N(CC4CCCO4)C3)CC2)c(=O)n1C. The molecule has 1 spiro atoms. The molecule has 1 unspecified atom stereocenters. The fourth-order valence-electron chi connectivity index (χ4n) is 4.96. The number of aryl methyl sites for hydroxylation is 1. The van der Waals surface area contributed by atoms with Crippen LogP contribution < -0.4 is 5.56 Å². The number of nitrogens with zero attached hydrogens (tertiary/aromatic N) is 3. The molecule has 158 valence electrons. The highest BCUT2D eigenvalue weighted by molar-refractivity contribution is 5.94. The number of ether oxygens (including phenoxy) is 1. The largest absolute Gasteiger partial charge is 0.376 e. The van der Waals surface area contributed by atoms with Gasteiger partial charge in [-0.25, -0.2) is 0 Å². The van der Waals surface area contributed by atoms with E-state index in [9.17, 15) is 14.4 Å². The Labute approximate surface area is 171 Å². The summed E-state index contributed by atoms with van der Waals surface area (Å²) in [6, 6.07) is 3.46. The first-order chi connectivity index (χ1) is 13.9. The predicted molar refractivity (Wildman–Crippen MR) is 109 cm³/mol. The third-order valence-electron chi connectivity index (χ3n) is 7.09. The molecule has 4 heterocycles. The van der Waals surface area contributed by atoms with Gasteiger partial charge in [-0.3, -0.25) is 14.4 Å². The van der Waals surface area contributed by atoms with Crippen LogP contribution in [0.25, 0.3) is 0 Å². The Balaban J connectivity index is 1.40. The predicted octanol–water partition coefficient (Wildman–Crippen LogP) is 1.72. The summed E-state index contributed by atoms with van der Waals surface area (Å²) in [5.74, 6) is 0.0522. The van der Waals surface area contributed by atoms with Crippen LogP contribution in [0.2, 0.25) is 0 Å². The minimum absolute atomic E-state index is 0.0849. The van der Waals surface area contributed by atoms with E-state index in [1.165, 1.54) is 4.57 Å². The Bertz CT molecular complexity index is 848. The first-order valence-corrected chi connectivity index (χ1v) is 10.7. The molecule has 1 aromatic heterocycles. The number of pyridine rings is 1. The number of piperidine rings is 2. The van der Waals surface area contributed by atoms with Crippen LogP contribution in [0.15, 0.2) is 16.9 Å². The molecule has 0 saturated carbocycles. The molecule has 0 aliphatic carbocycles. The highest BCUT2D eigenvalue weighted by Gasteiger charge is 2.42. The molecule has 0 N–H and O–H groups in total. The van der Waals surface area contributed by atoms with Crippen LogP contribution in [0.4, 0.5) is 0 Å². The molecule has 3 fully saturated rings. The topological polar surface area (TPSA) is 71.9 Å². The third-order valence-corrected chi connectivity index (χ3v) is 7.09. The minimum atomic E-state index is -0.235. The summed E-state index contributed by atoms with van der Waals surface area (Å²) in [5, 5.41) is 0. The van der Waals surface area contributed by atoms with Gasteiger partial charge in [0.25, 0.3) is 11.5 Å². The van der Waals surface area contributed by atoms with E-state index < -0.39 is 0 Å². The summed E-state index contributed by atoms with van der Waals surface area (Å²) in [5.41, 5.74) is 0.929. The second-order valence-electron chi connectivity index (χ2n) is 8.95. The average Bonchev–Trinajstić information content (AvgIpc) is 3.23. The first kappa shape index (κ1) is 20.1. The summed E-state index contributed by atoms with van der Waals surface area (Å²) < 4.78 is 7.25. The lowest BCUT2D eigenvalue weighted by Crippen LogP contribution is -2.54. The van der Waals surface area contributed by atoms with Crippen molar-refractivity contribution < 1.29 is 14.3 Å². The maximum absolute atomic E-state index is 12.9. The Morgan fingerprint density at radius 3 is 2.66 bits per heavy atom. The van der Waals surface area contributed by atoms with Crippen molar-refractivity contribution in [2.75, 3.05) is 32.8 Å². The number of amides is 2. The maximum Gasteiger partial charge on any atom is 0.263 e. The molecule has 4 rings (SSSR count). The number of aromatic nitrogens is 1. The van der Waals surface area contributed by atoms with Gasteiger partial charge in [-0.1, -0.05) is 0 Å². The van der Waals surface area contributed by atoms with E-state index in [0.717, 1.165) is 50.9 Å². The number of hydrogen-bond donors (Lipinski definition) is 0. The molecule has 1 atom stereocenters. The molecule has 0 bridgehead atoms. The van der Waals surface area contributed by atoms with Gasteiger partial charge >= 0.3 is 0 Å². The monoisotopic (exact) mass is 401 g/mol. The highest BCUT2D eigenvalue weighted by Crippen LogP contribution is 2.40. The summed E-state index contributed by atoms with van der Waals surface area (Å²) in [6.07, 6.45) is 5.51. The Kier molecular flexibility index (Phi) is 5.51. The Morgan fingerprint density at radius 2 is 1.97 bits per heavy atom. The average molecular weight is 402 g/mol. The van der Waals surface area contributed by atoms with E-state index in [2.05, 4.69) is 0 Å². The van der Waals surface area contributed by atoms with E-state index >= 15 is 0 Å².